The predicted molar refractivity (Wildman–Crippen MR) is 89.7 cm³/mol. The molecule has 10 heteroatoms. The zero-order valence-corrected chi connectivity index (χ0v) is 14.5. The first-order chi connectivity index (χ1) is 12.9. The predicted octanol–water partition coefficient (Wildman–Crippen LogP) is 1.78. The summed E-state index contributed by atoms with van der Waals surface area (Å²) in [5.74, 6) is 1.86. The van der Waals surface area contributed by atoms with Gasteiger partial charge in [0, 0.05) is 32.3 Å². The van der Waals surface area contributed by atoms with E-state index in [1.165, 1.54) is 6.07 Å². The van der Waals surface area contributed by atoms with Crippen LogP contribution in [0.2, 0.25) is 0 Å². The Kier molecular flexibility index (Phi) is 4.48. The van der Waals surface area contributed by atoms with Gasteiger partial charge in [0.15, 0.2) is 5.82 Å². The summed E-state index contributed by atoms with van der Waals surface area (Å²) in [6.07, 6.45) is -0.982. The molecule has 1 N–H and O–H groups in total. The molecular formula is C17H19F3N6O. The summed E-state index contributed by atoms with van der Waals surface area (Å²) >= 11 is 0. The van der Waals surface area contributed by atoms with Crippen LogP contribution in [-0.4, -0.2) is 38.7 Å². The van der Waals surface area contributed by atoms with Crippen molar-refractivity contribution in [2.45, 2.75) is 38.5 Å². The van der Waals surface area contributed by atoms with Crippen LogP contribution in [0, 0.1) is 5.92 Å². The van der Waals surface area contributed by atoms with Gasteiger partial charge in [0.05, 0.1) is 18.0 Å². The Hall–Kier alpha value is -2.65. The summed E-state index contributed by atoms with van der Waals surface area (Å²) in [5, 5.41) is 11.1. The van der Waals surface area contributed by atoms with Crippen LogP contribution in [0.3, 0.4) is 0 Å². The van der Waals surface area contributed by atoms with Crippen LogP contribution in [0.15, 0.2) is 18.3 Å². The van der Waals surface area contributed by atoms with Crippen molar-refractivity contribution >= 4 is 11.7 Å². The SMILES string of the molecule is O=C(NCc1nnc2n1CCC2)[C@H]1CCN(c2ccc(C(F)(F)F)cn2)C1. The summed E-state index contributed by atoms with van der Waals surface area (Å²) in [6.45, 7) is 2.23. The molecule has 1 fully saturated rings. The van der Waals surface area contributed by atoms with E-state index in [1.807, 2.05) is 9.47 Å². The number of carbonyl (C=O) groups excluding carboxylic acids is 1. The number of amides is 1. The number of nitrogens with one attached hydrogen (secondary N) is 1. The number of aryl methyl sites for hydroxylation is 1. The average molecular weight is 380 g/mol. The number of carbonyl (C=O) groups is 1. The van der Waals surface area contributed by atoms with Gasteiger partial charge in [-0.2, -0.15) is 13.2 Å². The Labute approximate surface area is 153 Å². The van der Waals surface area contributed by atoms with E-state index in [2.05, 4.69) is 20.5 Å². The van der Waals surface area contributed by atoms with Crippen LogP contribution in [0.5, 0.6) is 0 Å². The van der Waals surface area contributed by atoms with Crippen LogP contribution in [0.4, 0.5) is 19.0 Å². The van der Waals surface area contributed by atoms with Crippen molar-refractivity contribution in [1.82, 2.24) is 25.1 Å². The molecule has 7 nitrogen and oxygen atoms in total. The molecule has 1 amide bonds. The fourth-order valence-electron chi connectivity index (χ4n) is 3.58. The maximum Gasteiger partial charge on any atom is 0.417 e. The summed E-state index contributed by atoms with van der Waals surface area (Å²) in [5.41, 5.74) is -0.777. The third-order valence-corrected chi connectivity index (χ3v) is 5.07. The number of halogens is 3. The Morgan fingerprint density at radius 3 is 2.85 bits per heavy atom. The average Bonchev–Trinajstić information content (AvgIpc) is 3.36. The molecule has 0 spiro atoms. The standard InChI is InChI=1S/C17H19F3N6O/c18-17(19,20)12-3-4-13(21-8-12)25-7-5-11(10-25)16(27)22-9-15-24-23-14-2-1-6-26(14)15/h3-4,8,11H,1-2,5-7,9-10H2,(H,22,27)/t11-/m0/s1. The second-order valence-corrected chi connectivity index (χ2v) is 6.84. The summed E-state index contributed by atoms with van der Waals surface area (Å²) in [4.78, 5) is 18.2. The lowest BCUT2D eigenvalue weighted by molar-refractivity contribution is -0.137. The molecule has 2 aliphatic heterocycles. The zero-order chi connectivity index (χ0) is 19.0. The van der Waals surface area contributed by atoms with Gasteiger partial charge in [0.25, 0.3) is 0 Å². The monoisotopic (exact) mass is 380 g/mol. The lowest BCUT2D eigenvalue weighted by atomic mass is 10.1. The minimum Gasteiger partial charge on any atom is -0.356 e. The molecule has 2 aliphatic rings. The molecular weight excluding hydrogens is 361 g/mol. The van der Waals surface area contributed by atoms with Crippen molar-refractivity contribution in [1.29, 1.82) is 0 Å². The Morgan fingerprint density at radius 1 is 1.26 bits per heavy atom. The normalized spacial score (nSPS) is 19.4. The maximum absolute atomic E-state index is 12.6. The Balaban J connectivity index is 1.33. The highest BCUT2D eigenvalue weighted by atomic mass is 19.4. The lowest BCUT2D eigenvalue weighted by Gasteiger charge is -2.18. The molecule has 144 valence electrons. The molecule has 4 rings (SSSR count). The van der Waals surface area contributed by atoms with Crippen LogP contribution < -0.4 is 10.2 Å². The minimum absolute atomic E-state index is 0.0836. The molecule has 2 aromatic rings. The van der Waals surface area contributed by atoms with Gasteiger partial charge in [-0.25, -0.2) is 4.98 Å². The topological polar surface area (TPSA) is 75.9 Å². The molecule has 4 heterocycles. The van der Waals surface area contributed by atoms with Gasteiger partial charge in [0.2, 0.25) is 5.91 Å². The molecule has 1 atom stereocenters. The summed E-state index contributed by atoms with van der Waals surface area (Å²) < 4.78 is 39.9. The number of pyridine rings is 1. The highest BCUT2D eigenvalue weighted by Crippen LogP contribution is 2.30. The number of anilines is 1. The second kappa shape index (κ2) is 6.82. The van der Waals surface area contributed by atoms with E-state index in [0.717, 1.165) is 43.3 Å². The van der Waals surface area contributed by atoms with Crippen molar-refractivity contribution in [3.8, 4) is 0 Å². The number of alkyl halides is 3. The molecule has 0 aromatic carbocycles. The third kappa shape index (κ3) is 3.60. The maximum atomic E-state index is 12.6. The van der Waals surface area contributed by atoms with Crippen molar-refractivity contribution < 1.29 is 18.0 Å². The zero-order valence-electron chi connectivity index (χ0n) is 14.5. The highest BCUT2D eigenvalue weighted by Gasteiger charge is 2.32. The Morgan fingerprint density at radius 2 is 2.11 bits per heavy atom. The van der Waals surface area contributed by atoms with Crippen molar-refractivity contribution in [3.05, 3.63) is 35.5 Å². The van der Waals surface area contributed by atoms with Crippen LogP contribution in [0.25, 0.3) is 0 Å². The summed E-state index contributed by atoms with van der Waals surface area (Å²) in [7, 11) is 0. The first kappa shape index (κ1) is 17.7. The number of rotatable bonds is 4. The number of nitrogens with zero attached hydrogens (tertiary/aromatic N) is 5. The van der Waals surface area contributed by atoms with Crippen molar-refractivity contribution in [3.63, 3.8) is 0 Å². The molecule has 0 bridgehead atoms. The fourth-order valence-corrected chi connectivity index (χ4v) is 3.58. The second-order valence-electron chi connectivity index (χ2n) is 6.84. The van der Waals surface area contributed by atoms with Crippen LogP contribution in [-0.2, 0) is 30.5 Å². The number of fused-ring (bicyclic) bond motifs is 1. The number of hydrogen-bond acceptors (Lipinski definition) is 5. The van der Waals surface area contributed by atoms with Gasteiger partial charge in [0.1, 0.15) is 11.6 Å². The van der Waals surface area contributed by atoms with E-state index in [0.29, 0.717) is 31.9 Å². The van der Waals surface area contributed by atoms with Gasteiger partial charge in [-0.3, -0.25) is 4.79 Å². The van der Waals surface area contributed by atoms with E-state index >= 15 is 0 Å². The van der Waals surface area contributed by atoms with Gasteiger partial charge < -0.3 is 14.8 Å². The van der Waals surface area contributed by atoms with E-state index in [-0.39, 0.29) is 11.8 Å². The molecule has 0 radical (unpaired) electrons. The third-order valence-electron chi connectivity index (χ3n) is 5.07. The van der Waals surface area contributed by atoms with Crippen LogP contribution >= 0.6 is 0 Å². The van der Waals surface area contributed by atoms with E-state index in [4.69, 9.17) is 0 Å². The van der Waals surface area contributed by atoms with Crippen LogP contribution in [0.1, 0.15) is 30.1 Å². The van der Waals surface area contributed by atoms with E-state index in [1.54, 1.807) is 0 Å². The number of hydrogen-bond donors (Lipinski definition) is 1. The van der Waals surface area contributed by atoms with Gasteiger partial charge in [-0.1, -0.05) is 0 Å². The Bertz CT molecular complexity index is 832. The molecule has 1 saturated heterocycles. The summed E-state index contributed by atoms with van der Waals surface area (Å²) in [6, 6.07) is 2.37. The largest absolute Gasteiger partial charge is 0.417 e. The fraction of sp³-hybridized carbons (Fsp3) is 0.529. The molecule has 0 aliphatic carbocycles. The van der Waals surface area contributed by atoms with Gasteiger partial charge in [-0.15, -0.1) is 10.2 Å². The highest BCUT2D eigenvalue weighted by molar-refractivity contribution is 5.79. The minimum atomic E-state index is -4.40. The molecule has 2 aromatic heterocycles. The molecule has 27 heavy (non-hydrogen) atoms. The quantitative estimate of drug-likeness (QED) is 0.875. The van der Waals surface area contributed by atoms with Crippen molar-refractivity contribution in [2.24, 2.45) is 5.92 Å². The lowest BCUT2D eigenvalue weighted by Crippen LogP contribution is -2.33. The molecule has 0 saturated carbocycles. The first-order valence-corrected chi connectivity index (χ1v) is 8.88. The van der Waals surface area contributed by atoms with E-state index < -0.39 is 11.7 Å². The van der Waals surface area contributed by atoms with Gasteiger partial charge in [-0.05, 0) is 25.0 Å². The van der Waals surface area contributed by atoms with E-state index in [9.17, 15) is 18.0 Å². The number of aromatic nitrogens is 4. The molecule has 0 unspecified atom stereocenters. The first-order valence-electron chi connectivity index (χ1n) is 8.88. The van der Waals surface area contributed by atoms with Gasteiger partial charge >= 0.3 is 6.18 Å². The smallest absolute Gasteiger partial charge is 0.356 e. The van der Waals surface area contributed by atoms with Crippen molar-refractivity contribution in [2.75, 3.05) is 18.0 Å².